The number of piperazine rings is 1. The molecule has 0 aromatic heterocycles. The van der Waals surface area contributed by atoms with E-state index in [2.05, 4.69) is 17.4 Å². The number of likely N-dealkylation sites (N-methyl/N-ethyl adjacent to an activating group) is 1. The van der Waals surface area contributed by atoms with Gasteiger partial charge in [-0.1, -0.05) is 66.2 Å². The Bertz CT molecular complexity index is 1290. The molecule has 2 N–H and O–H groups in total. The Morgan fingerprint density at radius 3 is 2.23 bits per heavy atom. The Hall–Kier alpha value is -3.92. The highest BCUT2D eigenvalue weighted by atomic mass is 35.5. The smallest absolute Gasteiger partial charge is 0.246 e. The molecule has 0 radical (unpaired) electrons. The minimum atomic E-state index is -0.751. The number of hydrazine groups is 1. The van der Waals surface area contributed by atoms with E-state index in [9.17, 15) is 19.5 Å². The third-order valence-corrected chi connectivity index (χ3v) is 7.22. The van der Waals surface area contributed by atoms with Gasteiger partial charge in [-0.15, -0.1) is 0 Å². The Morgan fingerprint density at radius 1 is 0.950 bits per heavy atom. The third-order valence-electron chi connectivity index (χ3n) is 6.97. The van der Waals surface area contributed by atoms with Crippen molar-refractivity contribution in [2.24, 2.45) is 0 Å². The number of fused-ring (bicyclic) bond motifs is 1. The Labute approximate surface area is 239 Å². The number of amides is 3. The molecular weight excluding hydrogens is 530 g/mol. The molecule has 0 spiro atoms. The minimum Gasteiger partial charge on any atom is -0.508 e. The maximum Gasteiger partial charge on any atom is 0.246 e. The van der Waals surface area contributed by atoms with Crippen LogP contribution in [0.3, 0.4) is 0 Å². The molecule has 40 heavy (non-hydrogen) atoms. The van der Waals surface area contributed by atoms with E-state index in [-0.39, 0.29) is 37.1 Å². The van der Waals surface area contributed by atoms with Gasteiger partial charge in [-0.25, -0.2) is 5.01 Å². The summed E-state index contributed by atoms with van der Waals surface area (Å²) in [5.41, 5.74) is 3.05. The quantitative estimate of drug-likeness (QED) is 0.429. The summed E-state index contributed by atoms with van der Waals surface area (Å²) >= 11 is 5.98. The Balaban J connectivity index is 0.000000350. The molecular formula is C30H34ClN5O4. The first kappa shape index (κ1) is 29.1. The summed E-state index contributed by atoms with van der Waals surface area (Å²) in [6.45, 7) is 1.53. The first-order valence-electron chi connectivity index (χ1n) is 13.1. The highest BCUT2D eigenvalue weighted by molar-refractivity contribution is 6.30. The molecule has 2 aliphatic heterocycles. The van der Waals surface area contributed by atoms with Crippen LogP contribution in [0.15, 0.2) is 78.9 Å². The van der Waals surface area contributed by atoms with Crippen LogP contribution in [0.25, 0.3) is 0 Å². The fourth-order valence-electron chi connectivity index (χ4n) is 4.99. The number of carbonyl (C=O) groups excluding carboxylic acids is 3. The van der Waals surface area contributed by atoms with Crippen molar-refractivity contribution in [3.05, 3.63) is 101 Å². The van der Waals surface area contributed by atoms with Gasteiger partial charge in [0.05, 0.1) is 13.1 Å². The molecule has 10 heteroatoms. The second-order valence-electron chi connectivity index (χ2n) is 9.83. The lowest BCUT2D eigenvalue weighted by Crippen LogP contribution is -2.74. The van der Waals surface area contributed by atoms with Gasteiger partial charge in [-0.2, -0.15) is 0 Å². The topological polar surface area (TPSA) is 96.4 Å². The van der Waals surface area contributed by atoms with E-state index < -0.39 is 12.2 Å². The highest BCUT2D eigenvalue weighted by Crippen LogP contribution is 2.28. The van der Waals surface area contributed by atoms with E-state index in [0.29, 0.717) is 18.0 Å². The summed E-state index contributed by atoms with van der Waals surface area (Å²) < 4.78 is 0. The van der Waals surface area contributed by atoms with Gasteiger partial charge in [0, 0.05) is 31.6 Å². The maximum absolute atomic E-state index is 13.5. The average Bonchev–Trinajstić information content (AvgIpc) is 2.94. The molecule has 3 amide bonds. The van der Waals surface area contributed by atoms with Gasteiger partial charge in [0.1, 0.15) is 18.0 Å². The second kappa shape index (κ2) is 13.4. The molecule has 210 valence electrons. The lowest BCUT2D eigenvalue weighted by molar-refractivity contribution is -0.196. The van der Waals surface area contributed by atoms with E-state index in [1.807, 2.05) is 37.4 Å². The molecule has 0 bridgehead atoms. The number of aromatic hydroxyl groups is 1. The van der Waals surface area contributed by atoms with E-state index in [4.69, 9.17) is 11.6 Å². The molecule has 9 nitrogen and oxygen atoms in total. The van der Waals surface area contributed by atoms with Gasteiger partial charge in [0.15, 0.2) is 0 Å². The summed E-state index contributed by atoms with van der Waals surface area (Å²) in [6.07, 6.45) is 0.392. The Kier molecular flexibility index (Phi) is 9.76. The van der Waals surface area contributed by atoms with Crippen LogP contribution in [0.2, 0.25) is 5.02 Å². The number of hydrogen-bond acceptors (Lipinski definition) is 6. The van der Waals surface area contributed by atoms with Crippen LogP contribution in [0.4, 0.5) is 0 Å². The van der Waals surface area contributed by atoms with Crippen LogP contribution in [0, 0.1) is 0 Å². The molecule has 3 aromatic rings. The van der Waals surface area contributed by atoms with Crippen LogP contribution < -0.4 is 5.32 Å². The van der Waals surface area contributed by atoms with Crippen molar-refractivity contribution in [3.8, 4) is 5.75 Å². The first-order chi connectivity index (χ1) is 19.3. The molecule has 0 saturated carbocycles. The molecule has 3 aromatic carbocycles. The zero-order chi connectivity index (χ0) is 28.6. The van der Waals surface area contributed by atoms with Crippen molar-refractivity contribution in [1.82, 2.24) is 25.1 Å². The van der Waals surface area contributed by atoms with E-state index in [1.165, 1.54) is 15.5 Å². The SMILES string of the molecule is CN1CC(=O)N2C(CN(Cc3ccc(Cl)cc3)C(=O)[C@@H]2Cc2ccc(O)cc2)N1C=O.CNCc1ccccc1. The largest absolute Gasteiger partial charge is 0.508 e. The van der Waals surface area contributed by atoms with Crippen molar-refractivity contribution in [3.63, 3.8) is 0 Å². The van der Waals surface area contributed by atoms with Crippen molar-refractivity contribution >= 4 is 29.8 Å². The molecule has 2 atom stereocenters. The molecule has 2 aliphatic rings. The van der Waals surface area contributed by atoms with Gasteiger partial charge >= 0.3 is 0 Å². The zero-order valence-corrected chi connectivity index (χ0v) is 23.4. The number of hydrogen-bond donors (Lipinski definition) is 2. The van der Waals surface area contributed by atoms with Crippen molar-refractivity contribution in [2.45, 2.75) is 31.7 Å². The maximum atomic E-state index is 13.5. The summed E-state index contributed by atoms with van der Waals surface area (Å²) in [6, 6.07) is 23.4. The number of phenols is 1. The van der Waals surface area contributed by atoms with Gasteiger partial charge in [-0.3, -0.25) is 19.4 Å². The zero-order valence-electron chi connectivity index (χ0n) is 22.6. The number of nitrogens with one attached hydrogen (secondary N) is 1. The number of phenolic OH excluding ortho intramolecular Hbond substituents is 1. The standard InChI is InChI=1S/C22H23ClN4O4.C8H11N/c1-24-13-21(30)27-19(10-15-4-8-18(29)9-5-15)22(31)25(12-20(27)26(24)14-28)11-16-2-6-17(23)7-3-16;1-9-7-8-5-3-2-4-6-8/h2-9,14,19-20,29H,10-13H2,1H3;2-6,9H,7H2,1H3/t19-,20?;/m0./s1. The number of benzene rings is 3. The van der Waals surface area contributed by atoms with Crippen molar-refractivity contribution in [1.29, 1.82) is 0 Å². The second-order valence-corrected chi connectivity index (χ2v) is 10.3. The van der Waals surface area contributed by atoms with E-state index in [1.54, 1.807) is 53.4 Å². The fourth-order valence-corrected chi connectivity index (χ4v) is 5.12. The van der Waals surface area contributed by atoms with Crippen molar-refractivity contribution in [2.75, 3.05) is 27.2 Å². The highest BCUT2D eigenvalue weighted by Gasteiger charge is 2.48. The third kappa shape index (κ3) is 6.98. The summed E-state index contributed by atoms with van der Waals surface area (Å²) in [5.74, 6) is -0.249. The summed E-state index contributed by atoms with van der Waals surface area (Å²) in [4.78, 5) is 41.4. The van der Waals surface area contributed by atoms with E-state index >= 15 is 0 Å². The monoisotopic (exact) mass is 563 g/mol. The average molecular weight is 564 g/mol. The Morgan fingerprint density at radius 2 is 1.60 bits per heavy atom. The number of nitrogens with zero attached hydrogens (tertiary/aromatic N) is 4. The predicted molar refractivity (Wildman–Crippen MR) is 153 cm³/mol. The predicted octanol–water partition coefficient (Wildman–Crippen LogP) is 2.88. The van der Waals surface area contributed by atoms with Gasteiger partial charge in [0.2, 0.25) is 18.2 Å². The van der Waals surface area contributed by atoms with Crippen LogP contribution in [-0.4, -0.2) is 82.5 Å². The molecule has 0 aliphatic carbocycles. The van der Waals surface area contributed by atoms with E-state index in [0.717, 1.165) is 17.7 Å². The molecule has 2 fully saturated rings. The van der Waals surface area contributed by atoms with Crippen molar-refractivity contribution < 1.29 is 19.5 Å². The van der Waals surface area contributed by atoms with Gasteiger partial charge in [-0.05, 0) is 48.0 Å². The molecule has 2 heterocycles. The van der Waals surface area contributed by atoms with Crippen LogP contribution >= 0.6 is 11.6 Å². The number of rotatable bonds is 7. The van der Waals surface area contributed by atoms with Gasteiger partial charge in [0.25, 0.3) is 0 Å². The molecule has 5 rings (SSSR count). The van der Waals surface area contributed by atoms with Crippen LogP contribution in [0.1, 0.15) is 16.7 Å². The molecule has 2 saturated heterocycles. The lowest BCUT2D eigenvalue weighted by atomic mass is 9.98. The fraction of sp³-hybridized carbons (Fsp3) is 0.300. The van der Waals surface area contributed by atoms with Gasteiger partial charge < -0.3 is 20.2 Å². The lowest BCUT2D eigenvalue weighted by Gasteiger charge is -2.53. The minimum absolute atomic E-state index is 0.0196. The van der Waals surface area contributed by atoms with Crippen LogP contribution in [-0.2, 0) is 33.9 Å². The van der Waals surface area contributed by atoms with Crippen LogP contribution in [0.5, 0.6) is 5.75 Å². The number of halogens is 1. The molecule has 1 unspecified atom stereocenters. The normalized spacial score (nSPS) is 19.1. The first-order valence-corrected chi connectivity index (χ1v) is 13.4. The number of carbonyl (C=O) groups is 3. The summed E-state index contributed by atoms with van der Waals surface area (Å²) in [7, 11) is 3.63. The summed E-state index contributed by atoms with van der Waals surface area (Å²) in [5, 5.41) is 16.3.